The SMILES string of the molecule is C[C@H](CCNC(=O)Nc1cccc(-n2cnnc2)c1)N1CCN(C)CC1. The Morgan fingerprint density at radius 3 is 2.65 bits per heavy atom. The minimum atomic E-state index is -0.184. The average Bonchev–Trinajstić information content (AvgIpc) is 3.17. The maximum Gasteiger partial charge on any atom is 0.319 e. The van der Waals surface area contributed by atoms with Crippen molar-refractivity contribution < 1.29 is 4.79 Å². The maximum atomic E-state index is 12.1. The van der Waals surface area contributed by atoms with Crippen molar-refractivity contribution in [3.63, 3.8) is 0 Å². The van der Waals surface area contributed by atoms with Crippen LogP contribution in [0.5, 0.6) is 0 Å². The summed E-state index contributed by atoms with van der Waals surface area (Å²) in [5.41, 5.74) is 1.64. The Morgan fingerprint density at radius 2 is 1.92 bits per heavy atom. The summed E-state index contributed by atoms with van der Waals surface area (Å²) in [5.74, 6) is 0. The van der Waals surface area contributed by atoms with Gasteiger partial charge in [-0.05, 0) is 38.6 Å². The summed E-state index contributed by atoms with van der Waals surface area (Å²) >= 11 is 0. The van der Waals surface area contributed by atoms with Gasteiger partial charge in [0.25, 0.3) is 0 Å². The number of nitrogens with zero attached hydrogens (tertiary/aromatic N) is 5. The van der Waals surface area contributed by atoms with Crippen LogP contribution in [0.4, 0.5) is 10.5 Å². The Balaban J connectivity index is 1.42. The summed E-state index contributed by atoms with van der Waals surface area (Å²) < 4.78 is 1.79. The molecule has 0 aliphatic carbocycles. The molecule has 1 fully saturated rings. The number of hydrogen-bond acceptors (Lipinski definition) is 5. The number of carbonyl (C=O) groups excluding carboxylic acids is 1. The third-order valence-corrected chi connectivity index (χ3v) is 4.83. The second-order valence-corrected chi connectivity index (χ2v) is 6.78. The van der Waals surface area contributed by atoms with Crippen LogP contribution >= 0.6 is 0 Å². The van der Waals surface area contributed by atoms with Gasteiger partial charge in [0.1, 0.15) is 12.7 Å². The van der Waals surface area contributed by atoms with Gasteiger partial charge in [-0.25, -0.2) is 4.79 Å². The lowest BCUT2D eigenvalue weighted by Crippen LogP contribution is -2.48. The van der Waals surface area contributed by atoms with Crippen molar-refractivity contribution in [2.45, 2.75) is 19.4 Å². The topological polar surface area (TPSA) is 78.3 Å². The maximum absolute atomic E-state index is 12.1. The second kappa shape index (κ2) is 8.77. The van der Waals surface area contributed by atoms with Gasteiger partial charge in [-0.2, -0.15) is 0 Å². The molecule has 1 saturated heterocycles. The van der Waals surface area contributed by atoms with E-state index in [9.17, 15) is 4.79 Å². The normalized spacial score (nSPS) is 17.0. The molecule has 2 amide bonds. The first-order chi connectivity index (χ1) is 12.6. The van der Waals surface area contributed by atoms with Gasteiger partial charge in [0.05, 0.1) is 5.69 Å². The zero-order valence-electron chi connectivity index (χ0n) is 15.4. The largest absolute Gasteiger partial charge is 0.338 e. The number of urea groups is 1. The van der Waals surface area contributed by atoms with E-state index in [2.05, 4.69) is 44.6 Å². The van der Waals surface area contributed by atoms with Crippen LogP contribution in [0.25, 0.3) is 5.69 Å². The molecule has 2 aromatic rings. The fourth-order valence-electron chi connectivity index (χ4n) is 3.09. The molecule has 0 spiro atoms. The summed E-state index contributed by atoms with van der Waals surface area (Å²) in [5, 5.41) is 13.4. The lowest BCUT2D eigenvalue weighted by molar-refractivity contribution is 0.115. The molecule has 0 radical (unpaired) electrons. The number of anilines is 1. The lowest BCUT2D eigenvalue weighted by Gasteiger charge is -2.36. The smallest absolute Gasteiger partial charge is 0.319 e. The van der Waals surface area contributed by atoms with E-state index < -0.39 is 0 Å². The second-order valence-electron chi connectivity index (χ2n) is 6.78. The summed E-state index contributed by atoms with van der Waals surface area (Å²) in [6, 6.07) is 7.86. The van der Waals surface area contributed by atoms with Crippen LogP contribution < -0.4 is 10.6 Å². The van der Waals surface area contributed by atoms with E-state index in [0.717, 1.165) is 44.0 Å². The third-order valence-electron chi connectivity index (χ3n) is 4.83. The lowest BCUT2D eigenvalue weighted by atomic mass is 10.1. The van der Waals surface area contributed by atoms with Crippen molar-refractivity contribution in [1.82, 2.24) is 29.9 Å². The van der Waals surface area contributed by atoms with Crippen molar-refractivity contribution in [3.8, 4) is 5.69 Å². The van der Waals surface area contributed by atoms with Crippen LogP contribution in [0.2, 0.25) is 0 Å². The van der Waals surface area contributed by atoms with Gasteiger partial charge < -0.3 is 15.5 Å². The van der Waals surface area contributed by atoms with E-state index in [-0.39, 0.29) is 6.03 Å². The Labute approximate surface area is 154 Å². The van der Waals surface area contributed by atoms with E-state index in [1.807, 2.05) is 24.3 Å². The molecule has 26 heavy (non-hydrogen) atoms. The van der Waals surface area contributed by atoms with E-state index in [1.54, 1.807) is 17.2 Å². The molecule has 8 heteroatoms. The first kappa shape index (κ1) is 18.3. The molecule has 0 unspecified atom stereocenters. The van der Waals surface area contributed by atoms with Crippen LogP contribution in [0.3, 0.4) is 0 Å². The molecule has 8 nitrogen and oxygen atoms in total. The van der Waals surface area contributed by atoms with E-state index in [4.69, 9.17) is 0 Å². The van der Waals surface area contributed by atoms with Gasteiger partial charge in [-0.1, -0.05) is 6.07 Å². The Morgan fingerprint density at radius 1 is 1.19 bits per heavy atom. The minimum Gasteiger partial charge on any atom is -0.338 e. The first-order valence-corrected chi connectivity index (χ1v) is 9.04. The molecule has 0 saturated carbocycles. The Bertz CT molecular complexity index is 695. The number of aromatic nitrogens is 3. The molecule has 1 aliphatic rings. The number of likely N-dealkylation sites (N-methyl/N-ethyl adjacent to an activating group) is 1. The number of piperazine rings is 1. The predicted octanol–water partition coefficient (Wildman–Crippen LogP) is 1.41. The predicted molar refractivity (Wildman–Crippen MR) is 102 cm³/mol. The molecule has 2 N–H and O–H groups in total. The van der Waals surface area contributed by atoms with Gasteiger partial charge in [-0.15, -0.1) is 10.2 Å². The molecule has 3 rings (SSSR count). The van der Waals surface area contributed by atoms with Crippen molar-refractivity contribution in [1.29, 1.82) is 0 Å². The number of benzene rings is 1. The zero-order valence-corrected chi connectivity index (χ0v) is 15.4. The van der Waals surface area contributed by atoms with Crippen molar-refractivity contribution in [2.75, 3.05) is 45.1 Å². The zero-order chi connectivity index (χ0) is 18.4. The minimum absolute atomic E-state index is 0.184. The van der Waals surface area contributed by atoms with Gasteiger partial charge in [0.15, 0.2) is 0 Å². The molecule has 2 heterocycles. The number of amides is 2. The first-order valence-electron chi connectivity index (χ1n) is 9.04. The summed E-state index contributed by atoms with van der Waals surface area (Å²) in [6.07, 6.45) is 4.19. The highest BCUT2D eigenvalue weighted by atomic mass is 16.2. The van der Waals surface area contributed by atoms with E-state index in [1.165, 1.54) is 0 Å². The Hall–Kier alpha value is -2.45. The van der Waals surface area contributed by atoms with Gasteiger partial charge in [0, 0.05) is 44.5 Å². The molecule has 1 aromatic carbocycles. The van der Waals surface area contributed by atoms with E-state index >= 15 is 0 Å². The van der Waals surface area contributed by atoms with Crippen LogP contribution in [-0.2, 0) is 0 Å². The molecule has 1 atom stereocenters. The standard InChI is InChI=1S/C18H27N7O/c1-15(24-10-8-23(2)9-11-24)6-7-19-18(26)22-16-4-3-5-17(12-16)25-13-20-21-14-25/h3-5,12-15H,6-11H2,1-2H3,(H2,19,22,26)/t15-/m1/s1. The number of hydrogen-bond donors (Lipinski definition) is 2. The molecular weight excluding hydrogens is 330 g/mol. The highest BCUT2D eigenvalue weighted by Gasteiger charge is 2.18. The molecule has 0 bridgehead atoms. The highest BCUT2D eigenvalue weighted by Crippen LogP contribution is 2.14. The monoisotopic (exact) mass is 357 g/mol. The average molecular weight is 357 g/mol. The fourth-order valence-corrected chi connectivity index (χ4v) is 3.09. The van der Waals surface area contributed by atoms with Crippen LogP contribution in [0.1, 0.15) is 13.3 Å². The number of nitrogens with one attached hydrogen (secondary N) is 2. The van der Waals surface area contributed by atoms with Crippen molar-refractivity contribution >= 4 is 11.7 Å². The molecule has 140 valence electrons. The van der Waals surface area contributed by atoms with Gasteiger partial charge in [0.2, 0.25) is 0 Å². The van der Waals surface area contributed by atoms with Crippen LogP contribution in [-0.4, -0.2) is 76.4 Å². The molecule has 1 aromatic heterocycles. The highest BCUT2D eigenvalue weighted by molar-refractivity contribution is 5.89. The van der Waals surface area contributed by atoms with Crippen molar-refractivity contribution in [2.24, 2.45) is 0 Å². The Kier molecular flexibility index (Phi) is 6.19. The summed E-state index contributed by atoms with van der Waals surface area (Å²) in [6.45, 7) is 7.31. The van der Waals surface area contributed by atoms with Crippen LogP contribution in [0.15, 0.2) is 36.9 Å². The number of rotatable bonds is 6. The van der Waals surface area contributed by atoms with Gasteiger partial charge >= 0.3 is 6.03 Å². The molecular formula is C18H27N7O. The fraction of sp³-hybridized carbons (Fsp3) is 0.500. The quantitative estimate of drug-likeness (QED) is 0.817. The van der Waals surface area contributed by atoms with Crippen LogP contribution in [0, 0.1) is 0 Å². The third kappa shape index (κ3) is 5.03. The van der Waals surface area contributed by atoms with Gasteiger partial charge in [-0.3, -0.25) is 9.47 Å². The summed E-state index contributed by atoms with van der Waals surface area (Å²) in [4.78, 5) is 17.0. The summed E-state index contributed by atoms with van der Waals surface area (Å²) in [7, 11) is 2.16. The molecule has 1 aliphatic heterocycles. The van der Waals surface area contributed by atoms with Crippen molar-refractivity contribution in [3.05, 3.63) is 36.9 Å². The van der Waals surface area contributed by atoms with E-state index in [0.29, 0.717) is 12.6 Å². The number of carbonyl (C=O) groups is 1.